The maximum absolute atomic E-state index is 10.4. The molecule has 0 saturated heterocycles. The summed E-state index contributed by atoms with van der Waals surface area (Å²) < 4.78 is 0. The van der Waals surface area contributed by atoms with Gasteiger partial charge >= 0.3 is 0 Å². The molecule has 76 valence electrons. The van der Waals surface area contributed by atoms with Crippen LogP contribution in [-0.2, 0) is 4.79 Å². The van der Waals surface area contributed by atoms with Crippen molar-refractivity contribution in [2.45, 2.75) is 32.6 Å². The highest BCUT2D eigenvalue weighted by Gasteiger charge is 2.22. The Hall–Kier alpha value is -0.570. The zero-order valence-corrected chi connectivity index (χ0v) is 8.38. The Bertz CT molecular complexity index is 170. The van der Waals surface area contributed by atoms with E-state index < -0.39 is 0 Å². The first kappa shape index (κ1) is 10.5. The Morgan fingerprint density at radius 2 is 2.31 bits per heavy atom. The second kappa shape index (κ2) is 5.22. The van der Waals surface area contributed by atoms with E-state index in [2.05, 4.69) is 12.2 Å². The van der Waals surface area contributed by atoms with E-state index in [-0.39, 0.29) is 5.91 Å². The molecule has 0 aromatic heterocycles. The lowest BCUT2D eigenvalue weighted by atomic mass is 9.98. The Balaban J connectivity index is 2.02. The minimum atomic E-state index is -0.216. The molecule has 2 unspecified atom stereocenters. The molecule has 1 aliphatic rings. The lowest BCUT2D eigenvalue weighted by Crippen LogP contribution is -2.27. The third-order valence-corrected chi connectivity index (χ3v) is 2.99. The van der Waals surface area contributed by atoms with Gasteiger partial charge in [0.15, 0.2) is 0 Å². The Morgan fingerprint density at radius 3 is 2.85 bits per heavy atom. The molecule has 0 aromatic rings. The summed E-state index contributed by atoms with van der Waals surface area (Å²) in [6.45, 7) is 4.10. The van der Waals surface area contributed by atoms with Crippen LogP contribution in [0.1, 0.15) is 32.6 Å². The summed E-state index contributed by atoms with van der Waals surface area (Å²) >= 11 is 0. The fourth-order valence-corrected chi connectivity index (χ4v) is 2.02. The number of carbonyl (C=O) groups is 1. The number of hydrogen-bond donors (Lipinski definition) is 2. The molecular weight excluding hydrogens is 164 g/mol. The highest BCUT2D eigenvalue weighted by Crippen LogP contribution is 2.30. The van der Waals surface area contributed by atoms with Crippen molar-refractivity contribution in [3.8, 4) is 0 Å². The SMILES string of the molecule is CC1CCCC1CNCCC(N)=O. The van der Waals surface area contributed by atoms with Crippen molar-refractivity contribution in [3.63, 3.8) is 0 Å². The molecular formula is C10H20N2O. The Kier molecular flexibility index (Phi) is 4.22. The van der Waals surface area contributed by atoms with E-state index in [1.54, 1.807) is 0 Å². The van der Waals surface area contributed by atoms with Crippen LogP contribution >= 0.6 is 0 Å². The van der Waals surface area contributed by atoms with Gasteiger partial charge in [0.05, 0.1) is 0 Å². The average molecular weight is 184 g/mol. The molecule has 13 heavy (non-hydrogen) atoms. The van der Waals surface area contributed by atoms with E-state index in [1.165, 1.54) is 19.3 Å². The van der Waals surface area contributed by atoms with Gasteiger partial charge in [-0.05, 0) is 24.8 Å². The predicted octanol–water partition coefficient (Wildman–Crippen LogP) is 0.888. The van der Waals surface area contributed by atoms with Crippen molar-refractivity contribution in [1.82, 2.24) is 5.32 Å². The molecule has 0 aromatic carbocycles. The normalized spacial score (nSPS) is 27.8. The molecule has 1 rings (SSSR count). The number of carbonyl (C=O) groups excluding carboxylic acids is 1. The predicted molar refractivity (Wildman–Crippen MR) is 53.2 cm³/mol. The first-order chi connectivity index (χ1) is 6.20. The van der Waals surface area contributed by atoms with Gasteiger partial charge in [0, 0.05) is 13.0 Å². The maximum atomic E-state index is 10.4. The average Bonchev–Trinajstić information content (AvgIpc) is 2.45. The topological polar surface area (TPSA) is 55.1 Å². The smallest absolute Gasteiger partial charge is 0.218 e. The van der Waals surface area contributed by atoms with Crippen molar-refractivity contribution < 1.29 is 4.79 Å². The van der Waals surface area contributed by atoms with Crippen LogP contribution in [0.25, 0.3) is 0 Å². The van der Waals surface area contributed by atoms with Crippen molar-refractivity contribution in [2.24, 2.45) is 17.6 Å². The van der Waals surface area contributed by atoms with E-state index in [9.17, 15) is 4.79 Å². The quantitative estimate of drug-likeness (QED) is 0.623. The summed E-state index contributed by atoms with van der Waals surface area (Å²) in [5, 5.41) is 3.29. The Morgan fingerprint density at radius 1 is 1.54 bits per heavy atom. The summed E-state index contributed by atoms with van der Waals surface area (Å²) in [6, 6.07) is 0. The zero-order valence-electron chi connectivity index (χ0n) is 8.38. The molecule has 2 atom stereocenters. The minimum Gasteiger partial charge on any atom is -0.370 e. The van der Waals surface area contributed by atoms with E-state index in [4.69, 9.17) is 5.73 Å². The summed E-state index contributed by atoms with van der Waals surface area (Å²) in [4.78, 5) is 10.4. The molecule has 0 radical (unpaired) electrons. The van der Waals surface area contributed by atoms with Gasteiger partial charge in [0.2, 0.25) is 5.91 Å². The summed E-state index contributed by atoms with van der Waals surface area (Å²) in [7, 11) is 0. The second-order valence-corrected chi connectivity index (χ2v) is 4.09. The zero-order chi connectivity index (χ0) is 9.68. The second-order valence-electron chi connectivity index (χ2n) is 4.09. The number of primary amides is 1. The van der Waals surface area contributed by atoms with Crippen LogP contribution in [0, 0.1) is 11.8 Å². The van der Waals surface area contributed by atoms with E-state index in [1.807, 2.05) is 0 Å². The van der Waals surface area contributed by atoms with Gasteiger partial charge < -0.3 is 11.1 Å². The van der Waals surface area contributed by atoms with Crippen molar-refractivity contribution in [2.75, 3.05) is 13.1 Å². The van der Waals surface area contributed by atoms with Crippen LogP contribution in [-0.4, -0.2) is 19.0 Å². The highest BCUT2D eigenvalue weighted by atomic mass is 16.1. The fourth-order valence-electron chi connectivity index (χ4n) is 2.02. The van der Waals surface area contributed by atoms with E-state index >= 15 is 0 Å². The largest absolute Gasteiger partial charge is 0.370 e. The Labute approximate surface area is 80.1 Å². The standard InChI is InChI=1S/C10H20N2O/c1-8-3-2-4-9(8)7-12-6-5-10(11)13/h8-9,12H,2-7H2,1H3,(H2,11,13). The van der Waals surface area contributed by atoms with Crippen LogP contribution in [0.2, 0.25) is 0 Å². The molecule has 3 nitrogen and oxygen atoms in total. The van der Waals surface area contributed by atoms with Crippen LogP contribution in [0.4, 0.5) is 0 Å². The number of amides is 1. The molecule has 1 amide bonds. The van der Waals surface area contributed by atoms with E-state index in [0.29, 0.717) is 6.42 Å². The number of nitrogens with two attached hydrogens (primary N) is 1. The fraction of sp³-hybridized carbons (Fsp3) is 0.900. The van der Waals surface area contributed by atoms with Gasteiger partial charge in [-0.3, -0.25) is 4.79 Å². The molecule has 3 N–H and O–H groups in total. The van der Waals surface area contributed by atoms with Crippen molar-refractivity contribution in [1.29, 1.82) is 0 Å². The van der Waals surface area contributed by atoms with Crippen LogP contribution in [0.3, 0.4) is 0 Å². The first-order valence-corrected chi connectivity index (χ1v) is 5.19. The van der Waals surface area contributed by atoms with Crippen molar-refractivity contribution in [3.05, 3.63) is 0 Å². The highest BCUT2D eigenvalue weighted by molar-refractivity contribution is 5.73. The number of rotatable bonds is 5. The van der Waals surface area contributed by atoms with Crippen LogP contribution < -0.4 is 11.1 Å². The molecule has 1 saturated carbocycles. The molecule has 0 heterocycles. The van der Waals surface area contributed by atoms with Crippen LogP contribution in [0.15, 0.2) is 0 Å². The molecule has 0 spiro atoms. The van der Waals surface area contributed by atoms with Gasteiger partial charge in [-0.15, -0.1) is 0 Å². The molecule has 1 aliphatic carbocycles. The molecule has 0 bridgehead atoms. The molecule has 1 fully saturated rings. The third-order valence-electron chi connectivity index (χ3n) is 2.99. The lowest BCUT2D eigenvalue weighted by Gasteiger charge is -2.15. The van der Waals surface area contributed by atoms with Gasteiger partial charge in [-0.25, -0.2) is 0 Å². The monoisotopic (exact) mass is 184 g/mol. The number of hydrogen-bond acceptors (Lipinski definition) is 2. The lowest BCUT2D eigenvalue weighted by molar-refractivity contribution is -0.117. The summed E-state index contributed by atoms with van der Waals surface area (Å²) in [6.07, 6.45) is 4.53. The van der Waals surface area contributed by atoms with Crippen molar-refractivity contribution >= 4 is 5.91 Å². The molecule has 0 aliphatic heterocycles. The van der Waals surface area contributed by atoms with Gasteiger partial charge in [0.1, 0.15) is 0 Å². The van der Waals surface area contributed by atoms with Gasteiger partial charge in [-0.2, -0.15) is 0 Å². The third kappa shape index (κ3) is 3.77. The molecule has 3 heteroatoms. The van der Waals surface area contributed by atoms with E-state index in [0.717, 1.165) is 24.9 Å². The van der Waals surface area contributed by atoms with Gasteiger partial charge in [0.25, 0.3) is 0 Å². The minimum absolute atomic E-state index is 0.216. The number of nitrogens with one attached hydrogen (secondary N) is 1. The summed E-state index contributed by atoms with van der Waals surface area (Å²) in [5.41, 5.74) is 5.04. The summed E-state index contributed by atoms with van der Waals surface area (Å²) in [5.74, 6) is 1.45. The van der Waals surface area contributed by atoms with Gasteiger partial charge in [-0.1, -0.05) is 19.8 Å². The maximum Gasteiger partial charge on any atom is 0.218 e. The van der Waals surface area contributed by atoms with Crippen LogP contribution in [0.5, 0.6) is 0 Å². The first-order valence-electron chi connectivity index (χ1n) is 5.19.